The van der Waals surface area contributed by atoms with Gasteiger partial charge in [0.2, 0.25) is 0 Å². The first kappa shape index (κ1) is 12.7. The number of ether oxygens (including phenoxy) is 1. The first-order chi connectivity index (χ1) is 8.16. The van der Waals surface area contributed by atoms with Crippen LogP contribution in [0, 0.1) is 0 Å². The fraction of sp³-hybridized carbons (Fsp3) is 0.923. The summed E-state index contributed by atoms with van der Waals surface area (Å²) in [5, 5.41) is 0. The molecule has 2 fully saturated rings. The van der Waals surface area contributed by atoms with E-state index < -0.39 is 0 Å². The summed E-state index contributed by atoms with van der Waals surface area (Å²) in [6.07, 6.45) is 4.94. The lowest BCUT2D eigenvalue weighted by Gasteiger charge is -2.32. The van der Waals surface area contributed by atoms with E-state index in [2.05, 4.69) is 4.90 Å². The molecular formula is C13H24N2O2. The van der Waals surface area contributed by atoms with E-state index in [1.807, 2.05) is 18.7 Å². The van der Waals surface area contributed by atoms with E-state index >= 15 is 0 Å². The Kier molecular flexibility index (Phi) is 4.26. The SMILES string of the molecule is CC(C)OC(=O)N1CCC(N2CCCCC2)C1. The zero-order chi connectivity index (χ0) is 12.3. The molecule has 2 aliphatic heterocycles. The molecule has 1 amide bonds. The molecule has 4 heteroatoms. The van der Waals surface area contributed by atoms with Crippen molar-refractivity contribution in [2.45, 2.75) is 51.7 Å². The van der Waals surface area contributed by atoms with Crippen LogP contribution in [0.2, 0.25) is 0 Å². The first-order valence-electron chi connectivity index (χ1n) is 6.86. The van der Waals surface area contributed by atoms with Crippen molar-refractivity contribution in [2.24, 2.45) is 0 Å². The van der Waals surface area contributed by atoms with Crippen LogP contribution < -0.4 is 0 Å². The molecule has 4 nitrogen and oxygen atoms in total. The third-order valence-corrected chi connectivity index (χ3v) is 3.67. The highest BCUT2D eigenvalue weighted by Crippen LogP contribution is 2.20. The number of likely N-dealkylation sites (tertiary alicyclic amines) is 2. The van der Waals surface area contributed by atoms with Crippen molar-refractivity contribution in [3.8, 4) is 0 Å². The molecule has 0 aliphatic carbocycles. The van der Waals surface area contributed by atoms with Crippen molar-refractivity contribution in [3.05, 3.63) is 0 Å². The quantitative estimate of drug-likeness (QED) is 0.741. The van der Waals surface area contributed by atoms with Crippen LogP contribution in [-0.4, -0.2) is 54.2 Å². The Morgan fingerprint density at radius 3 is 2.53 bits per heavy atom. The van der Waals surface area contributed by atoms with Gasteiger partial charge in [-0.15, -0.1) is 0 Å². The Morgan fingerprint density at radius 1 is 1.18 bits per heavy atom. The third kappa shape index (κ3) is 3.35. The summed E-state index contributed by atoms with van der Waals surface area (Å²) >= 11 is 0. The van der Waals surface area contributed by atoms with Crippen molar-refractivity contribution in [1.82, 2.24) is 9.80 Å². The second-order valence-corrected chi connectivity index (χ2v) is 5.42. The molecule has 0 radical (unpaired) electrons. The zero-order valence-electron chi connectivity index (χ0n) is 11.0. The van der Waals surface area contributed by atoms with Gasteiger partial charge in [0.15, 0.2) is 0 Å². The minimum absolute atomic E-state index is 0.0171. The largest absolute Gasteiger partial charge is 0.447 e. The van der Waals surface area contributed by atoms with E-state index in [0.717, 1.165) is 19.5 Å². The number of hydrogen-bond acceptors (Lipinski definition) is 3. The fourth-order valence-corrected chi connectivity index (χ4v) is 2.77. The Morgan fingerprint density at radius 2 is 1.88 bits per heavy atom. The minimum Gasteiger partial charge on any atom is -0.447 e. The van der Waals surface area contributed by atoms with Crippen LogP contribution in [0.3, 0.4) is 0 Å². The van der Waals surface area contributed by atoms with Gasteiger partial charge in [-0.25, -0.2) is 4.79 Å². The predicted octanol–water partition coefficient (Wildman–Crippen LogP) is 2.09. The van der Waals surface area contributed by atoms with Crippen molar-refractivity contribution in [2.75, 3.05) is 26.2 Å². The Hall–Kier alpha value is -0.770. The lowest BCUT2D eigenvalue weighted by Crippen LogP contribution is -2.42. The van der Waals surface area contributed by atoms with Gasteiger partial charge in [0.05, 0.1) is 6.10 Å². The van der Waals surface area contributed by atoms with Gasteiger partial charge in [0, 0.05) is 19.1 Å². The molecule has 0 N–H and O–H groups in total. The second kappa shape index (κ2) is 5.71. The van der Waals surface area contributed by atoms with E-state index in [4.69, 9.17) is 4.74 Å². The maximum absolute atomic E-state index is 11.8. The molecule has 0 aromatic heterocycles. The minimum atomic E-state index is -0.139. The Bertz CT molecular complexity index is 262. The summed E-state index contributed by atoms with van der Waals surface area (Å²) in [5.74, 6) is 0. The molecule has 0 aromatic rings. The number of piperidine rings is 1. The average molecular weight is 240 g/mol. The highest BCUT2D eigenvalue weighted by Gasteiger charge is 2.31. The van der Waals surface area contributed by atoms with Gasteiger partial charge in [0.1, 0.15) is 0 Å². The third-order valence-electron chi connectivity index (χ3n) is 3.67. The molecule has 1 unspecified atom stereocenters. The van der Waals surface area contributed by atoms with E-state index in [9.17, 15) is 4.79 Å². The van der Waals surface area contributed by atoms with Gasteiger partial charge in [-0.05, 0) is 46.2 Å². The van der Waals surface area contributed by atoms with Crippen LogP contribution in [-0.2, 0) is 4.74 Å². The first-order valence-corrected chi connectivity index (χ1v) is 6.86. The summed E-state index contributed by atoms with van der Waals surface area (Å²) in [6.45, 7) is 7.92. The van der Waals surface area contributed by atoms with Crippen LogP contribution in [0.25, 0.3) is 0 Å². The van der Waals surface area contributed by atoms with E-state index in [-0.39, 0.29) is 12.2 Å². The second-order valence-electron chi connectivity index (χ2n) is 5.42. The highest BCUT2D eigenvalue weighted by molar-refractivity contribution is 5.68. The molecule has 2 aliphatic rings. The lowest BCUT2D eigenvalue weighted by atomic mass is 10.1. The highest BCUT2D eigenvalue weighted by atomic mass is 16.6. The molecule has 98 valence electrons. The molecule has 0 bridgehead atoms. The van der Waals surface area contributed by atoms with E-state index in [0.29, 0.717) is 6.04 Å². The number of hydrogen-bond donors (Lipinski definition) is 0. The van der Waals surface area contributed by atoms with Gasteiger partial charge in [-0.3, -0.25) is 4.90 Å². The van der Waals surface area contributed by atoms with Crippen molar-refractivity contribution in [3.63, 3.8) is 0 Å². The fourth-order valence-electron chi connectivity index (χ4n) is 2.77. The Labute approximate surface area is 104 Å². The summed E-state index contributed by atoms with van der Waals surface area (Å²) in [7, 11) is 0. The van der Waals surface area contributed by atoms with Gasteiger partial charge in [-0.2, -0.15) is 0 Å². The predicted molar refractivity (Wildman–Crippen MR) is 67.0 cm³/mol. The van der Waals surface area contributed by atoms with Gasteiger partial charge in [-0.1, -0.05) is 6.42 Å². The van der Waals surface area contributed by atoms with E-state index in [1.54, 1.807) is 0 Å². The van der Waals surface area contributed by atoms with Crippen molar-refractivity contribution < 1.29 is 9.53 Å². The summed E-state index contributed by atoms with van der Waals surface area (Å²) in [4.78, 5) is 16.2. The number of rotatable bonds is 2. The van der Waals surface area contributed by atoms with Crippen molar-refractivity contribution in [1.29, 1.82) is 0 Å². The van der Waals surface area contributed by atoms with Crippen LogP contribution in [0.5, 0.6) is 0 Å². The van der Waals surface area contributed by atoms with Crippen LogP contribution >= 0.6 is 0 Å². The summed E-state index contributed by atoms with van der Waals surface area (Å²) < 4.78 is 5.24. The molecule has 0 aromatic carbocycles. The van der Waals surface area contributed by atoms with Crippen molar-refractivity contribution >= 4 is 6.09 Å². The number of nitrogens with zero attached hydrogens (tertiary/aromatic N) is 2. The average Bonchev–Trinajstić information content (AvgIpc) is 2.78. The molecule has 0 spiro atoms. The molecule has 2 rings (SSSR count). The normalized spacial score (nSPS) is 26.5. The monoisotopic (exact) mass is 240 g/mol. The number of carbonyl (C=O) groups is 1. The smallest absolute Gasteiger partial charge is 0.410 e. The maximum Gasteiger partial charge on any atom is 0.410 e. The topological polar surface area (TPSA) is 32.8 Å². The molecular weight excluding hydrogens is 216 g/mol. The number of amides is 1. The van der Waals surface area contributed by atoms with E-state index in [1.165, 1.54) is 32.4 Å². The lowest BCUT2D eigenvalue weighted by molar-refractivity contribution is 0.0796. The standard InChI is InChI=1S/C13H24N2O2/c1-11(2)17-13(16)15-9-6-12(10-15)14-7-4-3-5-8-14/h11-12H,3-10H2,1-2H3. The zero-order valence-corrected chi connectivity index (χ0v) is 11.0. The molecule has 2 heterocycles. The Balaban J connectivity index is 1.80. The molecule has 1 atom stereocenters. The summed E-state index contributed by atoms with van der Waals surface area (Å²) in [5.41, 5.74) is 0. The van der Waals surface area contributed by atoms with Gasteiger partial charge >= 0.3 is 6.09 Å². The van der Waals surface area contributed by atoms with Crippen LogP contribution in [0.1, 0.15) is 39.5 Å². The van der Waals surface area contributed by atoms with Crippen LogP contribution in [0.4, 0.5) is 4.79 Å². The molecule has 2 saturated heterocycles. The molecule has 0 saturated carbocycles. The summed E-state index contributed by atoms with van der Waals surface area (Å²) in [6, 6.07) is 0.565. The van der Waals surface area contributed by atoms with Gasteiger partial charge < -0.3 is 9.64 Å². The van der Waals surface area contributed by atoms with Gasteiger partial charge in [0.25, 0.3) is 0 Å². The maximum atomic E-state index is 11.8. The van der Waals surface area contributed by atoms with Crippen LogP contribution in [0.15, 0.2) is 0 Å². The number of carbonyl (C=O) groups excluding carboxylic acids is 1. The molecule has 17 heavy (non-hydrogen) atoms.